The summed E-state index contributed by atoms with van der Waals surface area (Å²) in [6, 6.07) is 9.67. The summed E-state index contributed by atoms with van der Waals surface area (Å²) < 4.78 is 46.9. The summed E-state index contributed by atoms with van der Waals surface area (Å²) >= 11 is -0.894. The second-order valence-corrected chi connectivity index (χ2v) is 11.9. The minimum Gasteiger partial charge on any atom is -0.504 e. The first kappa shape index (κ1) is 22.9. The second kappa shape index (κ2) is 8.93. The molecule has 1 aromatic carbocycles. The lowest BCUT2D eigenvalue weighted by Crippen LogP contribution is -2.38. The van der Waals surface area contributed by atoms with Crippen molar-refractivity contribution < 1.29 is 17.7 Å². The number of hydrogen-bond donors (Lipinski definition) is 3. The normalized spacial score (nSPS) is 19.7. The van der Waals surface area contributed by atoms with Gasteiger partial charge in [0.1, 0.15) is 0 Å². The highest BCUT2D eigenvalue weighted by Gasteiger charge is 2.38. The van der Waals surface area contributed by atoms with Crippen LogP contribution >= 0.6 is 11.3 Å². The molecule has 1 saturated carbocycles. The first-order valence-electron chi connectivity index (χ1n) is 10.1. The summed E-state index contributed by atoms with van der Waals surface area (Å²) in [6.45, 7) is 4.11. The number of aromatic hydroxyl groups is 1. The van der Waals surface area contributed by atoms with E-state index in [4.69, 9.17) is 0 Å². The summed E-state index contributed by atoms with van der Waals surface area (Å²) in [4.78, 5) is 0. The summed E-state index contributed by atoms with van der Waals surface area (Å²) in [5.41, 5.74) is 1.21. The topological polar surface area (TPSA) is 123 Å². The van der Waals surface area contributed by atoms with Gasteiger partial charge < -0.3 is 15.7 Å². The molecule has 12 heteroatoms. The molecule has 2 aliphatic rings. The molecule has 1 aliphatic heterocycles. The third-order valence-corrected chi connectivity index (χ3v) is 9.42. The Labute approximate surface area is 194 Å². The Morgan fingerprint density at radius 1 is 1.19 bits per heavy atom. The Morgan fingerprint density at radius 3 is 2.47 bits per heavy atom. The molecule has 0 spiro atoms. The first-order valence-corrected chi connectivity index (χ1v) is 13.5. The molecule has 0 saturated heterocycles. The van der Waals surface area contributed by atoms with Crippen LogP contribution in [0.3, 0.4) is 0 Å². The van der Waals surface area contributed by atoms with Gasteiger partial charge in [0, 0.05) is 18.5 Å². The predicted molar refractivity (Wildman–Crippen MR) is 128 cm³/mol. The van der Waals surface area contributed by atoms with Gasteiger partial charge in [-0.05, 0) is 24.3 Å². The van der Waals surface area contributed by atoms with Crippen LogP contribution in [0.5, 0.6) is 5.75 Å². The van der Waals surface area contributed by atoms with Gasteiger partial charge in [0.2, 0.25) is 0 Å². The largest absolute Gasteiger partial charge is 0.504 e. The molecule has 1 unspecified atom stereocenters. The van der Waals surface area contributed by atoms with Crippen LogP contribution < -0.4 is 10.6 Å². The standard InChI is InChI=1S/C20H25N5O4S3/c1-12(2)16(13-7-5-4-6-8-13)22-19-18(23-31(27)24-19)21-15-11-30-20(17(15)26)32(28,29)25(3)14-9-10-14/h4-8,11-12,14,16,26H,9-10H2,1-3H3,(H,21,23)(H,22,24)/t16-,31?/m1/s1. The zero-order valence-corrected chi connectivity index (χ0v) is 20.3. The quantitative estimate of drug-likeness (QED) is 0.543. The van der Waals surface area contributed by atoms with Crippen LogP contribution in [0.15, 0.2) is 48.7 Å². The highest BCUT2D eigenvalue weighted by Crippen LogP contribution is 2.41. The van der Waals surface area contributed by atoms with E-state index in [2.05, 4.69) is 33.3 Å². The van der Waals surface area contributed by atoms with E-state index in [0.717, 1.165) is 29.7 Å². The van der Waals surface area contributed by atoms with E-state index in [1.165, 1.54) is 16.7 Å². The van der Waals surface area contributed by atoms with E-state index in [-0.39, 0.29) is 45.3 Å². The molecule has 9 nitrogen and oxygen atoms in total. The van der Waals surface area contributed by atoms with Crippen LogP contribution in [0.2, 0.25) is 0 Å². The van der Waals surface area contributed by atoms with Crippen molar-refractivity contribution in [3.05, 3.63) is 41.3 Å². The van der Waals surface area contributed by atoms with Gasteiger partial charge in [0.25, 0.3) is 21.2 Å². The molecule has 2 heterocycles. The smallest absolute Gasteiger partial charge is 0.269 e. The van der Waals surface area contributed by atoms with Gasteiger partial charge in [0.05, 0.1) is 11.7 Å². The number of rotatable bonds is 7. The molecule has 2 atom stereocenters. The van der Waals surface area contributed by atoms with Gasteiger partial charge in [-0.1, -0.05) is 44.2 Å². The van der Waals surface area contributed by atoms with Crippen molar-refractivity contribution in [3.8, 4) is 5.75 Å². The molecule has 1 aliphatic carbocycles. The maximum atomic E-state index is 12.8. The van der Waals surface area contributed by atoms with Crippen molar-refractivity contribution in [2.45, 2.75) is 43.0 Å². The monoisotopic (exact) mass is 495 g/mol. The van der Waals surface area contributed by atoms with E-state index in [1.807, 2.05) is 30.3 Å². The molecule has 0 bridgehead atoms. The van der Waals surface area contributed by atoms with Crippen LogP contribution in [0.1, 0.15) is 38.3 Å². The Morgan fingerprint density at radius 2 is 1.84 bits per heavy atom. The molecular weight excluding hydrogens is 470 g/mol. The van der Waals surface area contributed by atoms with E-state index in [9.17, 15) is 17.7 Å². The summed E-state index contributed by atoms with van der Waals surface area (Å²) in [6.07, 6.45) is 1.64. The maximum Gasteiger partial charge on any atom is 0.269 e. The molecule has 0 radical (unpaired) electrons. The molecule has 1 fully saturated rings. The van der Waals surface area contributed by atoms with Crippen LogP contribution in [0.25, 0.3) is 0 Å². The van der Waals surface area contributed by atoms with Crippen LogP contribution in [0, 0.1) is 5.92 Å². The minimum atomic E-state index is -3.79. The Hall–Kier alpha value is -2.28. The van der Waals surface area contributed by atoms with Gasteiger partial charge in [-0.15, -0.1) is 20.1 Å². The van der Waals surface area contributed by atoms with E-state index < -0.39 is 21.2 Å². The van der Waals surface area contributed by atoms with E-state index >= 15 is 0 Å². The van der Waals surface area contributed by atoms with Gasteiger partial charge in [-0.3, -0.25) is 0 Å². The van der Waals surface area contributed by atoms with Crippen molar-refractivity contribution in [2.75, 3.05) is 12.4 Å². The fraction of sp³-hybridized carbons (Fsp3) is 0.400. The van der Waals surface area contributed by atoms with Gasteiger partial charge >= 0.3 is 0 Å². The number of thiophene rings is 1. The lowest BCUT2D eigenvalue weighted by atomic mass is 9.96. The number of anilines is 1. The number of amidine groups is 2. The van der Waals surface area contributed by atoms with Gasteiger partial charge in [-0.25, -0.2) is 12.6 Å². The van der Waals surface area contributed by atoms with Crippen molar-refractivity contribution in [1.82, 2.24) is 9.62 Å². The third-order valence-electron chi connectivity index (χ3n) is 5.34. The fourth-order valence-electron chi connectivity index (χ4n) is 3.38. The lowest BCUT2D eigenvalue weighted by Gasteiger charge is -2.24. The molecule has 3 N–H and O–H groups in total. The molecule has 32 heavy (non-hydrogen) atoms. The number of nitrogens with one attached hydrogen (secondary N) is 2. The van der Waals surface area contributed by atoms with E-state index in [1.54, 1.807) is 0 Å². The van der Waals surface area contributed by atoms with Gasteiger partial charge in [0.15, 0.2) is 21.6 Å². The second-order valence-electron chi connectivity index (χ2n) is 8.05. The molecule has 2 aromatic rings. The lowest BCUT2D eigenvalue weighted by molar-refractivity contribution is 0.445. The van der Waals surface area contributed by atoms with Crippen LogP contribution in [-0.4, -0.2) is 46.8 Å². The highest BCUT2D eigenvalue weighted by atomic mass is 32.2. The molecular formula is C20H25N5O4S3. The number of benzene rings is 1. The zero-order chi connectivity index (χ0) is 23.0. The molecule has 0 amide bonds. The van der Waals surface area contributed by atoms with Crippen molar-refractivity contribution in [3.63, 3.8) is 0 Å². The van der Waals surface area contributed by atoms with Crippen LogP contribution in [-0.2, 0) is 21.2 Å². The van der Waals surface area contributed by atoms with Gasteiger partial charge in [-0.2, -0.15) is 4.31 Å². The maximum absolute atomic E-state index is 12.8. The van der Waals surface area contributed by atoms with Crippen molar-refractivity contribution >= 4 is 49.9 Å². The number of hydrogen-bond acceptors (Lipinski definition) is 7. The Kier molecular flexibility index (Phi) is 6.39. The molecule has 1 aromatic heterocycles. The average Bonchev–Trinajstić information content (AvgIpc) is 3.45. The minimum absolute atomic E-state index is 0.0200. The summed E-state index contributed by atoms with van der Waals surface area (Å²) in [5.74, 6) is 0.277. The van der Waals surface area contributed by atoms with Crippen LogP contribution in [0.4, 0.5) is 5.69 Å². The van der Waals surface area contributed by atoms with E-state index in [0.29, 0.717) is 0 Å². The Balaban J connectivity index is 1.55. The number of sulfonamides is 1. The van der Waals surface area contributed by atoms with Crippen molar-refractivity contribution in [2.24, 2.45) is 14.7 Å². The number of nitrogens with zero attached hydrogens (tertiary/aromatic N) is 3. The fourth-order valence-corrected chi connectivity index (χ4v) is 6.82. The highest BCUT2D eigenvalue weighted by molar-refractivity contribution is 7.91. The molecule has 172 valence electrons. The molecule has 4 rings (SSSR count). The summed E-state index contributed by atoms with van der Waals surface area (Å²) in [5, 5.41) is 18.3. The van der Waals surface area contributed by atoms with Crippen molar-refractivity contribution in [1.29, 1.82) is 0 Å². The Bertz CT molecular complexity index is 1190. The zero-order valence-electron chi connectivity index (χ0n) is 17.8. The summed E-state index contributed by atoms with van der Waals surface area (Å²) in [7, 11) is -2.27. The third kappa shape index (κ3) is 4.58. The SMILES string of the molecule is CC(C)[C@@H](NC1=NS(=O)N=C1Nc1csc(S(=O)(=O)N(C)C2CC2)c1O)c1ccccc1. The first-order chi connectivity index (χ1) is 15.2. The average molecular weight is 496 g/mol. The predicted octanol–water partition coefficient (Wildman–Crippen LogP) is 3.02.